The molecule has 0 bridgehead atoms. The number of hydrogen-bond donors (Lipinski definition) is 1. The monoisotopic (exact) mass is 269 g/mol. The lowest BCUT2D eigenvalue weighted by atomic mass is 9.80. The van der Waals surface area contributed by atoms with E-state index < -0.39 is 0 Å². The van der Waals surface area contributed by atoms with Gasteiger partial charge in [-0.1, -0.05) is 5.16 Å². The van der Waals surface area contributed by atoms with Crippen LogP contribution in [0.25, 0.3) is 0 Å². The van der Waals surface area contributed by atoms with Crippen molar-refractivity contribution in [2.45, 2.75) is 36.3 Å². The second kappa shape index (κ2) is 5.19. The molecule has 0 radical (unpaired) electrons. The summed E-state index contributed by atoms with van der Waals surface area (Å²) < 4.78 is 10.9. The molecule has 1 atom stereocenters. The second-order valence-corrected chi connectivity index (χ2v) is 6.37. The minimum absolute atomic E-state index is 0.160. The zero-order valence-corrected chi connectivity index (χ0v) is 11.2. The molecular weight excluding hydrogens is 250 g/mol. The lowest BCUT2D eigenvalue weighted by molar-refractivity contribution is 0.0409. The van der Waals surface area contributed by atoms with E-state index in [0.29, 0.717) is 11.8 Å². The Balaban J connectivity index is 1.82. The average molecular weight is 269 g/mol. The van der Waals surface area contributed by atoms with Gasteiger partial charge in [-0.2, -0.15) is 16.7 Å². The first kappa shape index (κ1) is 12.4. The van der Waals surface area contributed by atoms with E-state index in [1.54, 1.807) is 0 Å². The minimum atomic E-state index is -0.160. The Morgan fingerprint density at radius 1 is 1.39 bits per heavy atom. The van der Waals surface area contributed by atoms with Crippen LogP contribution in [0.3, 0.4) is 0 Å². The Hall–Kier alpha value is -0.590. The fourth-order valence-corrected chi connectivity index (χ4v) is 3.83. The van der Waals surface area contributed by atoms with Crippen LogP contribution >= 0.6 is 11.8 Å². The van der Waals surface area contributed by atoms with Crippen LogP contribution in [0.4, 0.5) is 0 Å². The first-order chi connectivity index (χ1) is 8.84. The van der Waals surface area contributed by atoms with Crippen molar-refractivity contribution < 1.29 is 9.26 Å². The summed E-state index contributed by atoms with van der Waals surface area (Å²) >= 11 is 1.92. The van der Waals surface area contributed by atoms with Crippen LogP contribution in [-0.2, 0) is 10.2 Å². The Morgan fingerprint density at radius 2 is 2.22 bits per heavy atom. The van der Waals surface area contributed by atoms with Crippen LogP contribution < -0.4 is 5.73 Å². The van der Waals surface area contributed by atoms with Gasteiger partial charge in [0.05, 0.1) is 10.7 Å². The number of ether oxygens (including phenoxy) is 1. The van der Waals surface area contributed by atoms with Gasteiger partial charge in [0.25, 0.3) is 0 Å². The Labute approximate surface area is 111 Å². The molecule has 0 aromatic carbocycles. The first-order valence-electron chi connectivity index (χ1n) is 6.58. The van der Waals surface area contributed by atoms with Gasteiger partial charge in [-0.15, -0.1) is 0 Å². The van der Waals surface area contributed by atoms with Crippen LogP contribution in [0.1, 0.15) is 42.6 Å². The number of thioether (sulfide) groups is 1. The molecule has 2 N–H and O–H groups in total. The molecule has 2 aliphatic heterocycles. The van der Waals surface area contributed by atoms with Gasteiger partial charge >= 0.3 is 0 Å². The third kappa shape index (κ3) is 2.17. The van der Waals surface area contributed by atoms with Gasteiger partial charge in [-0.05, 0) is 31.4 Å². The number of rotatable bonds is 3. The summed E-state index contributed by atoms with van der Waals surface area (Å²) in [6.45, 7) is 2.01. The Morgan fingerprint density at radius 3 is 2.89 bits per heavy atom. The lowest BCUT2D eigenvalue weighted by Crippen LogP contribution is -2.40. The third-order valence-electron chi connectivity index (χ3n) is 3.95. The molecule has 0 spiro atoms. The zero-order valence-electron chi connectivity index (χ0n) is 10.4. The van der Waals surface area contributed by atoms with Crippen LogP contribution in [0.2, 0.25) is 0 Å². The number of nitrogens with zero attached hydrogens (tertiary/aromatic N) is 2. The van der Waals surface area contributed by atoms with Gasteiger partial charge < -0.3 is 15.0 Å². The molecule has 3 rings (SSSR count). The van der Waals surface area contributed by atoms with Gasteiger partial charge in [0, 0.05) is 19.8 Å². The van der Waals surface area contributed by atoms with E-state index in [1.807, 2.05) is 11.8 Å². The summed E-state index contributed by atoms with van der Waals surface area (Å²) in [5.74, 6) is 2.77. The molecule has 3 heterocycles. The third-order valence-corrected chi connectivity index (χ3v) is 5.33. The molecule has 18 heavy (non-hydrogen) atoms. The molecule has 0 saturated carbocycles. The van der Waals surface area contributed by atoms with Gasteiger partial charge in [-0.25, -0.2) is 0 Å². The van der Waals surface area contributed by atoms with Crippen molar-refractivity contribution in [3.63, 3.8) is 0 Å². The van der Waals surface area contributed by atoms with Crippen molar-refractivity contribution in [3.8, 4) is 0 Å². The van der Waals surface area contributed by atoms with E-state index in [1.165, 1.54) is 12.2 Å². The molecule has 1 aromatic heterocycles. The molecule has 2 aliphatic rings. The number of nitrogens with two attached hydrogens (primary N) is 1. The van der Waals surface area contributed by atoms with Crippen molar-refractivity contribution in [1.82, 2.24) is 10.1 Å². The SMILES string of the molecule is NCC1(c2nc(C3CCCS3)no2)CCOCC1. The maximum Gasteiger partial charge on any atom is 0.234 e. The molecule has 0 aliphatic carbocycles. The van der Waals surface area contributed by atoms with Crippen molar-refractivity contribution in [2.24, 2.45) is 5.73 Å². The van der Waals surface area contributed by atoms with Crippen LogP contribution in [0.15, 0.2) is 4.52 Å². The highest BCUT2D eigenvalue weighted by molar-refractivity contribution is 7.99. The second-order valence-electron chi connectivity index (χ2n) is 5.06. The van der Waals surface area contributed by atoms with Crippen molar-refractivity contribution in [2.75, 3.05) is 25.5 Å². The summed E-state index contributed by atoms with van der Waals surface area (Å²) in [6.07, 6.45) is 4.16. The molecule has 1 aromatic rings. The standard InChI is InChI=1S/C12H19N3O2S/c13-8-12(3-5-16-6-4-12)11-14-10(15-17-11)9-2-1-7-18-9/h9H,1-8,13H2. The molecule has 5 nitrogen and oxygen atoms in total. The van der Waals surface area contributed by atoms with Gasteiger partial charge in [0.2, 0.25) is 5.89 Å². The number of hydrogen-bond acceptors (Lipinski definition) is 6. The summed E-state index contributed by atoms with van der Waals surface area (Å²) in [4.78, 5) is 4.62. The lowest BCUT2D eigenvalue weighted by Gasteiger charge is -2.32. The predicted molar refractivity (Wildman–Crippen MR) is 69.5 cm³/mol. The summed E-state index contributed by atoms with van der Waals surface area (Å²) in [7, 11) is 0. The molecular formula is C12H19N3O2S. The predicted octanol–water partition coefficient (Wildman–Crippen LogP) is 1.64. The van der Waals surface area contributed by atoms with E-state index in [9.17, 15) is 0 Å². The number of aromatic nitrogens is 2. The molecule has 0 amide bonds. The highest BCUT2D eigenvalue weighted by Gasteiger charge is 2.39. The highest BCUT2D eigenvalue weighted by atomic mass is 32.2. The Bertz CT molecular complexity index is 398. The molecule has 100 valence electrons. The van der Waals surface area contributed by atoms with Gasteiger partial charge in [-0.3, -0.25) is 0 Å². The van der Waals surface area contributed by atoms with Crippen molar-refractivity contribution in [3.05, 3.63) is 11.7 Å². The minimum Gasteiger partial charge on any atom is -0.381 e. The largest absolute Gasteiger partial charge is 0.381 e. The van der Waals surface area contributed by atoms with E-state index in [0.717, 1.165) is 44.2 Å². The summed E-state index contributed by atoms with van der Waals surface area (Å²) in [5, 5.41) is 4.58. The van der Waals surface area contributed by atoms with E-state index in [-0.39, 0.29) is 5.41 Å². The molecule has 2 saturated heterocycles. The maximum atomic E-state index is 5.94. The molecule has 6 heteroatoms. The van der Waals surface area contributed by atoms with Gasteiger partial charge in [0.1, 0.15) is 0 Å². The quantitative estimate of drug-likeness (QED) is 0.899. The molecule has 2 fully saturated rings. The first-order valence-corrected chi connectivity index (χ1v) is 7.62. The Kier molecular flexibility index (Phi) is 3.59. The smallest absolute Gasteiger partial charge is 0.234 e. The van der Waals surface area contributed by atoms with E-state index >= 15 is 0 Å². The van der Waals surface area contributed by atoms with E-state index in [2.05, 4.69) is 10.1 Å². The average Bonchev–Trinajstić information content (AvgIpc) is 3.10. The fraction of sp³-hybridized carbons (Fsp3) is 0.833. The summed E-state index contributed by atoms with van der Waals surface area (Å²) in [6, 6.07) is 0. The topological polar surface area (TPSA) is 74.2 Å². The maximum absolute atomic E-state index is 5.94. The van der Waals surface area contributed by atoms with Crippen LogP contribution in [-0.4, -0.2) is 35.7 Å². The zero-order chi connectivity index (χ0) is 12.4. The van der Waals surface area contributed by atoms with Crippen molar-refractivity contribution in [1.29, 1.82) is 0 Å². The molecule has 1 unspecified atom stereocenters. The summed E-state index contributed by atoms with van der Waals surface area (Å²) in [5.41, 5.74) is 5.78. The highest BCUT2D eigenvalue weighted by Crippen LogP contribution is 2.40. The van der Waals surface area contributed by atoms with Crippen LogP contribution in [0.5, 0.6) is 0 Å². The fourth-order valence-electron chi connectivity index (χ4n) is 2.63. The van der Waals surface area contributed by atoms with Crippen molar-refractivity contribution >= 4 is 11.8 Å². The normalized spacial score (nSPS) is 27.5. The van der Waals surface area contributed by atoms with Gasteiger partial charge in [0.15, 0.2) is 5.82 Å². The van der Waals surface area contributed by atoms with Crippen LogP contribution in [0, 0.1) is 0 Å². The van der Waals surface area contributed by atoms with E-state index in [4.69, 9.17) is 15.0 Å².